The lowest BCUT2D eigenvalue weighted by Crippen LogP contribution is -2.61. The number of halogens is 4. The number of alkyl halides is 4. The van der Waals surface area contributed by atoms with Crippen LogP contribution in [-0.4, -0.2) is 28.1 Å². The Morgan fingerprint density at radius 1 is 0.765 bits per heavy atom. The zero-order valence-corrected chi connectivity index (χ0v) is 9.49. The van der Waals surface area contributed by atoms with E-state index in [0.29, 0.717) is 0 Å². The van der Waals surface area contributed by atoms with Crippen molar-refractivity contribution in [3.05, 3.63) is 0 Å². The van der Waals surface area contributed by atoms with Crippen molar-refractivity contribution in [2.75, 3.05) is 0 Å². The highest BCUT2D eigenvalue weighted by atomic mass is 19.3. The predicted octanol–water partition coefficient (Wildman–Crippen LogP) is 2.44. The molecule has 2 rings (SSSR count). The zero-order valence-electron chi connectivity index (χ0n) is 9.49. The Morgan fingerprint density at radius 2 is 1.24 bits per heavy atom. The first-order valence-electron chi connectivity index (χ1n) is 5.85. The van der Waals surface area contributed by atoms with Crippen molar-refractivity contribution >= 4 is 0 Å². The van der Waals surface area contributed by atoms with Crippen molar-refractivity contribution in [1.82, 2.24) is 0 Å². The van der Waals surface area contributed by atoms with Gasteiger partial charge in [0.1, 0.15) is 0 Å². The summed E-state index contributed by atoms with van der Waals surface area (Å²) in [5.41, 5.74) is 2.86. The molecule has 0 heterocycles. The molecule has 0 bridgehead atoms. The maximum Gasteiger partial charge on any atom is 0.250 e. The fourth-order valence-corrected chi connectivity index (χ4v) is 2.97. The molecule has 0 aromatic heterocycles. The molecule has 2 aliphatic carbocycles. The topological polar surface area (TPSA) is 46.2 Å². The third kappa shape index (κ3) is 2.29. The molecule has 2 aliphatic rings. The van der Waals surface area contributed by atoms with Crippen LogP contribution in [0.25, 0.3) is 0 Å². The van der Waals surface area contributed by atoms with E-state index in [-0.39, 0.29) is 25.7 Å². The molecular weight excluding hydrogens is 238 g/mol. The summed E-state index contributed by atoms with van der Waals surface area (Å²) in [7, 11) is 0. The fourth-order valence-electron chi connectivity index (χ4n) is 2.97. The molecule has 0 radical (unpaired) electrons. The third-order valence-electron chi connectivity index (χ3n) is 4.25. The van der Waals surface area contributed by atoms with Crippen LogP contribution in [0.2, 0.25) is 0 Å². The largest absolute Gasteiger partial charge is 0.388 e. The number of nitrogens with two attached hydrogens (primary N) is 1. The first-order valence-corrected chi connectivity index (χ1v) is 5.85. The lowest BCUT2D eigenvalue weighted by atomic mass is 9.69. The van der Waals surface area contributed by atoms with Gasteiger partial charge in [-0.25, -0.2) is 17.6 Å². The van der Waals surface area contributed by atoms with E-state index in [1.165, 1.54) is 0 Å². The fraction of sp³-hybridized carbons (Fsp3) is 1.00. The molecular formula is C11H17F4NO. The molecule has 0 amide bonds. The molecule has 1 unspecified atom stereocenters. The molecule has 1 atom stereocenters. The van der Waals surface area contributed by atoms with Crippen LogP contribution in [-0.2, 0) is 0 Å². The third-order valence-corrected chi connectivity index (χ3v) is 4.25. The van der Waals surface area contributed by atoms with Gasteiger partial charge in [-0.3, -0.25) is 0 Å². The molecule has 2 fully saturated rings. The molecule has 0 aromatic rings. The summed E-state index contributed by atoms with van der Waals surface area (Å²) in [5, 5.41) is 10.3. The number of rotatable bonds is 1. The Bertz CT molecular complexity index is 311. The van der Waals surface area contributed by atoms with E-state index < -0.39 is 42.2 Å². The lowest BCUT2D eigenvalue weighted by Gasteiger charge is -2.46. The first kappa shape index (κ1) is 13.1. The van der Waals surface area contributed by atoms with E-state index in [2.05, 4.69) is 0 Å². The van der Waals surface area contributed by atoms with Crippen molar-refractivity contribution in [3.63, 3.8) is 0 Å². The first-order chi connectivity index (χ1) is 7.58. The van der Waals surface area contributed by atoms with E-state index in [0.717, 1.165) is 0 Å². The van der Waals surface area contributed by atoms with Crippen LogP contribution >= 0.6 is 0 Å². The van der Waals surface area contributed by atoms with Crippen LogP contribution in [0.5, 0.6) is 0 Å². The summed E-state index contributed by atoms with van der Waals surface area (Å²) in [5.74, 6) is -5.69. The average Bonchev–Trinajstić information content (AvgIpc) is 2.48. The van der Waals surface area contributed by atoms with Gasteiger partial charge in [-0.1, -0.05) is 0 Å². The van der Waals surface area contributed by atoms with E-state index in [1.54, 1.807) is 0 Å². The van der Waals surface area contributed by atoms with Crippen molar-refractivity contribution in [3.8, 4) is 0 Å². The minimum absolute atomic E-state index is 0.0118. The predicted molar refractivity (Wildman–Crippen MR) is 54.1 cm³/mol. The zero-order chi connectivity index (χ0) is 12.9. The smallest absolute Gasteiger partial charge is 0.250 e. The van der Waals surface area contributed by atoms with Crippen molar-refractivity contribution in [2.24, 2.45) is 5.73 Å². The lowest BCUT2D eigenvalue weighted by molar-refractivity contribution is -0.137. The SMILES string of the molecule is NC1(C2(O)CCC(F)(F)CC2)CCC(F)(F)C1. The molecule has 0 saturated heterocycles. The maximum atomic E-state index is 13.2. The van der Waals surface area contributed by atoms with E-state index in [9.17, 15) is 22.7 Å². The Morgan fingerprint density at radius 3 is 1.65 bits per heavy atom. The van der Waals surface area contributed by atoms with Crippen molar-refractivity contribution in [1.29, 1.82) is 0 Å². The molecule has 0 spiro atoms. The van der Waals surface area contributed by atoms with Gasteiger partial charge in [0.15, 0.2) is 0 Å². The number of aliphatic hydroxyl groups is 1. The maximum absolute atomic E-state index is 13.2. The van der Waals surface area contributed by atoms with Gasteiger partial charge in [-0.2, -0.15) is 0 Å². The van der Waals surface area contributed by atoms with Gasteiger partial charge in [0.2, 0.25) is 11.8 Å². The van der Waals surface area contributed by atoms with Gasteiger partial charge >= 0.3 is 0 Å². The summed E-state index contributed by atoms with van der Waals surface area (Å²) in [4.78, 5) is 0. The summed E-state index contributed by atoms with van der Waals surface area (Å²) in [6.45, 7) is 0. The Labute approximate surface area is 97.2 Å². The van der Waals surface area contributed by atoms with Crippen molar-refractivity contribution in [2.45, 2.75) is 67.9 Å². The Balaban J connectivity index is 2.12. The van der Waals surface area contributed by atoms with Gasteiger partial charge < -0.3 is 10.8 Å². The van der Waals surface area contributed by atoms with Crippen LogP contribution in [0.3, 0.4) is 0 Å². The molecule has 0 aliphatic heterocycles. The summed E-state index contributed by atoms with van der Waals surface area (Å²) >= 11 is 0. The molecule has 2 saturated carbocycles. The Hall–Kier alpha value is -0.360. The number of hydrogen-bond donors (Lipinski definition) is 2. The molecule has 0 aromatic carbocycles. The normalized spacial score (nSPS) is 39.2. The Kier molecular flexibility index (Phi) is 2.75. The average molecular weight is 255 g/mol. The summed E-state index contributed by atoms with van der Waals surface area (Å²) in [6.07, 6.45) is -2.35. The van der Waals surface area contributed by atoms with Crippen LogP contribution in [0.15, 0.2) is 0 Å². The minimum Gasteiger partial charge on any atom is -0.388 e. The van der Waals surface area contributed by atoms with Crippen LogP contribution in [0.1, 0.15) is 44.9 Å². The van der Waals surface area contributed by atoms with E-state index in [4.69, 9.17) is 5.73 Å². The summed E-state index contributed by atoms with van der Waals surface area (Å²) < 4.78 is 52.4. The highest BCUT2D eigenvalue weighted by Gasteiger charge is 2.59. The highest BCUT2D eigenvalue weighted by Crippen LogP contribution is 2.51. The van der Waals surface area contributed by atoms with E-state index >= 15 is 0 Å². The highest BCUT2D eigenvalue weighted by molar-refractivity contribution is 5.12. The molecule has 3 N–H and O–H groups in total. The van der Waals surface area contributed by atoms with Crippen LogP contribution in [0, 0.1) is 0 Å². The standard InChI is InChI=1S/C11H17F4NO/c12-10(13)5-2-9(17,3-6-10)8(16)1-4-11(14,15)7-8/h17H,1-7,16H2. The quantitative estimate of drug-likeness (QED) is 0.707. The summed E-state index contributed by atoms with van der Waals surface area (Å²) in [6, 6.07) is 0. The number of hydrogen-bond acceptors (Lipinski definition) is 2. The minimum atomic E-state index is -2.88. The molecule has 6 heteroatoms. The van der Waals surface area contributed by atoms with Gasteiger partial charge in [0.05, 0.1) is 11.1 Å². The monoisotopic (exact) mass is 255 g/mol. The van der Waals surface area contributed by atoms with Crippen LogP contribution < -0.4 is 5.73 Å². The van der Waals surface area contributed by atoms with Gasteiger partial charge in [-0.15, -0.1) is 0 Å². The molecule has 2 nitrogen and oxygen atoms in total. The van der Waals surface area contributed by atoms with Crippen LogP contribution in [0.4, 0.5) is 17.6 Å². The van der Waals surface area contributed by atoms with E-state index in [1.807, 2.05) is 0 Å². The second-order valence-corrected chi connectivity index (χ2v) is 5.58. The van der Waals surface area contributed by atoms with Gasteiger partial charge in [0, 0.05) is 25.7 Å². The van der Waals surface area contributed by atoms with Gasteiger partial charge in [0.25, 0.3) is 0 Å². The second kappa shape index (κ2) is 3.57. The second-order valence-electron chi connectivity index (χ2n) is 5.58. The van der Waals surface area contributed by atoms with Crippen molar-refractivity contribution < 1.29 is 22.7 Å². The molecule has 100 valence electrons. The molecule has 17 heavy (non-hydrogen) atoms. The van der Waals surface area contributed by atoms with Gasteiger partial charge in [-0.05, 0) is 19.3 Å².